The summed E-state index contributed by atoms with van der Waals surface area (Å²) in [6, 6.07) is 27.8. The predicted molar refractivity (Wildman–Crippen MR) is 150 cm³/mol. The highest BCUT2D eigenvalue weighted by Crippen LogP contribution is 2.31. The zero-order valence-corrected chi connectivity index (χ0v) is 21.2. The molecule has 0 aliphatic carbocycles. The fourth-order valence-corrected chi connectivity index (χ4v) is 5.05. The third kappa shape index (κ3) is 5.00. The second kappa shape index (κ2) is 10.2. The molecule has 0 saturated heterocycles. The van der Waals surface area contributed by atoms with E-state index in [1.54, 1.807) is 11.3 Å². The summed E-state index contributed by atoms with van der Waals surface area (Å²) >= 11 is 1.63. The molecule has 0 unspecified atom stereocenters. The monoisotopic (exact) mass is 478 g/mol. The maximum Gasteiger partial charge on any atom is 0.187 e. The second-order valence-electron chi connectivity index (χ2n) is 8.55. The van der Waals surface area contributed by atoms with Crippen LogP contribution in [0.5, 0.6) is 0 Å². The van der Waals surface area contributed by atoms with E-state index in [0.717, 1.165) is 40.9 Å². The molecule has 2 aromatic heterocycles. The van der Waals surface area contributed by atoms with Gasteiger partial charge < -0.3 is 14.8 Å². The highest BCUT2D eigenvalue weighted by molar-refractivity contribution is 7.14. The molecule has 35 heavy (non-hydrogen) atoms. The molecular formula is C30H30N4S. The van der Waals surface area contributed by atoms with Crippen LogP contribution < -0.4 is 10.2 Å². The van der Waals surface area contributed by atoms with Gasteiger partial charge in [-0.25, -0.2) is 4.98 Å². The second-order valence-corrected chi connectivity index (χ2v) is 9.41. The quantitative estimate of drug-likeness (QED) is 0.244. The Morgan fingerprint density at radius 3 is 2.34 bits per heavy atom. The summed E-state index contributed by atoms with van der Waals surface area (Å²) in [7, 11) is 0. The van der Waals surface area contributed by atoms with Crippen LogP contribution in [0.25, 0.3) is 28.1 Å². The number of hydrogen-bond donors (Lipinski definition) is 1. The third-order valence-corrected chi connectivity index (χ3v) is 7.10. The standard InChI is InChI=1S/C30H30N4S/c1-4-33(5-2)27-15-16-28(22(3)19-27)31-30-32-29(21-35-30)24-11-13-26(14-12-24)34-18-17-25(20-34)23-9-7-6-8-10-23/h6-21H,4-5H2,1-3H3,(H,31,32). The summed E-state index contributed by atoms with van der Waals surface area (Å²) in [6.45, 7) is 8.54. The van der Waals surface area contributed by atoms with E-state index in [1.165, 1.54) is 22.4 Å². The summed E-state index contributed by atoms with van der Waals surface area (Å²) in [6.07, 6.45) is 4.28. The van der Waals surface area contributed by atoms with Crippen molar-refractivity contribution in [3.8, 4) is 28.1 Å². The molecule has 0 radical (unpaired) electrons. The Balaban J connectivity index is 1.29. The first kappa shape index (κ1) is 22.9. The molecule has 0 spiro atoms. The summed E-state index contributed by atoms with van der Waals surface area (Å²) in [5.74, 6) is 0. The highest BCUT2D eigenvalue weighted by Gasteiger charge is 2.09. The number of thiazole rings is 1. The number of aromatic nitrogens is 2. The molecule has 0 atom stereocenters. The largest absolute Gasteiger partial charge is 0.372 e. The van der Waals surface area contributed by atoms with Gasteiger partial charge in [-0.15, -0.1) is 11.3 Å². The average molecular weight is 479 g/mol. The first-order valence-electron chi connectivity index (χ1n) is 12.1. The van der Waals surface area contributed by atoms with Crippen LogP contribution in [0.4, 0.5) is 16.5 Å². The maximum absolute atomic E-state index is 4.84. The van der Waals surface area contributed by atoms with Crippen molar-refractivity contribution in [3.05, 3.63) is 102 Å². The fraction of sp³-hybridized carbons (Fsp3) is 0.167. The Kier molecular flexibility index (Phi) is 6.68. The molecule has 0 bridgehead atoms. The van der Waals surface area contributed by atoms with Crippen molar-refractivity contribution in [1.82, 2.24) is 9.55 Å². The van der Waals surface area contributed by atoms with Gasteiger partial charge in [-0.3, -0.25) is 0 Å². The van der Waals surface area contributed by atoms with Crippen molar-refractivity contribution in [2.45, 2.75) is 20.8 Å². The van der Waals surface area contributed by atoms with Gasteiger partial charge in [-0.1, -0.05) is 42.5 Å². The Hall–Kier alpha value is -3.83. The molecule has 4 nitrogen and oxygen atoms in total. The zero-order chi connectivity index (χ0) is 24.2. The summed E-state index contributed by atoms with van der Waals surface area (Å²) in [5.41, 5.74) is 9.25. The number of benzene rings is 3. The fourth-order valence-electron chi connectivity index (χ4n) is 4.32. The molecule has 5 heteroatoms. The lowest BCUT2D eigenvalue weighted by atomic mass is 10.1. The summed E-state index contributed by atoms with van der Waals surface area (Å²) in [5, 5.41) is 6.52. The Morgan fingerprint density at radius 2 is 1.63 bits per heavy atom. The molecule has 0 aliphatic rings. The van der Waals surface area contributed by atoms with Gasteiger partial charge >= 0.3 is 0 Å². The lowest BCUT2D eigenvalue weighted by Gasteiger charge is -2.22. The molecule has 1 N–H and O–H groups in total. The Morgan fingerprint density at radius 1 is 0.857 bits per heavy atom. The van der Waals surface area contributed by atoms with Crippen LogP contribution >= 0.6 is 11.3 Å². The molecule has 2 heterocycles. The van der Waals surface area contributed by atoms with Crippen molar-refractivity contribution < 1.29 is 0 Å². The van der Waals surface area contributed by atoms with Crippen molar-refractivity contribution in [1.29, 1.82) is 0 Å². The van der Waals surface area contributed by atoms with Crippen LogP contribution in [0.3, 0.4) is 0 Å². The highest BCUT2D eigenvalue weighted by atomic mass is 32.1. The van der Waals surface area contributed by atoms with Gasteiger partial charge in [0, 0.05) is 53.5 Å². The van der Waals surface area contributed by atoms with E-state index in [-0.39, 0.29) is 0 Å². The average Bonchev–Trinajstić information content (AvgIpc) is 3.57. The summed E-state index contributed by atoms with van der Waals surface area (Å²) in [4.78, 5) is 7.20. The van der Waals surface area contributed by atoms with E-state index >= 15 is 0 Å². The van der Waals surface area contributed by atoms with Gasteiger partial charge in [0.1, 0.15) is 0 Å². The molecule has 0 saturated carbocycles. The molecule has 3 aromatic carbocycles. The minimum absolute atomic E-state index is 0.903. The van der Waals surface area contributed by atoms with E-state index in [1.807, 2.05) is 6.07 Å². The molecule has 176 valence electrons. The third-order valence-electron chi connectivity index (χ3n) is 6.35. The maximum atomic E-state index is 4.84. The zero-order valence-electron chi connectivity index (χ0n) is 20.4. The van der Waals surface area contributed by atoms with Gasteiger partial charge in [0.05, 0.1) is 5.69 Å². The van der Waals surface area contributed by atoms with Gasteiger partial charge in [0.15, 0.2) is 5.13 Å². The van der Waals surface area contributed by atoms with Crippen molar-refractivity contribution in [2.75, 3.05) is 23.3 Å². The van der Waals surface area contributed by atoms with Gasteiger partial charge in [-0.2, -0.15) is 0 Å². The van der Waals surface area contributed by atoms with Crippen LogP contribution in [-0.4, -0.2) is 22.6 Å². The van der Waals surface area contributed by atoms with E-state index in [9.17, 15) is 0 Å². The number of anilines is 3. The number of nitrogens with one attached hydrogen (secondary N) is 1. The molecule has 0 fully saturated rings. The smallest absolute Gasteiger partial charge is 0.187 e. The predicted octanol–water partition coefficient (Wildman–Crippen LogP) is 8.17. The van der Waals surface area contributed by atoms with Gasteiger partial charge in [-0.05, 0) is 73.9 Å². The van der Waals surface area contributed by atoms with Crippen molar-refractivity contribution >= 4 is 27.8 Å². The summed E-state index contributed by atoms with van der Waals surface area (Å²) < 4.78 is 2.16. The molecular weight excluding hydrogens is 448 g/mol. The van der Waals surface area contributed by atoms with E-state index in [4.69, 9.17) is 4.98 Å². The topological polar surface area (TPSA) is 33.1 Å². The Bertz CT molecular complexity index is 1400. The lowest BCUT2D eigenvalue weighted by molar-refractivity contribution is 0.866. The van der Waals surface area contributed by atoms with Crippen LogP contribution in [0.2, 0.25) is 0 Å². The first-order valence-corrected chi connectivity index (χ1v) is 12.9. The van der Waals surface area contributed by atoms with Gasteiger partial charge in [0.25, 0.3) is 0 Å². The molecule has 0 amide bonds. The van der Waals surface area contributed by atoms with Crippen LogP contribution in [-0.2, 0) is 0 Å². The van der Waals surface area contributed by atoms with Crippen LogP contribution in [0.15, 0.2) is 96.6 Å². The van der Waals surface area contributed by atoms with E-state index in [0.29, 0.717) is 0 Å². The van der Waals surface area contributed by atoms with Crippen LogP contribution in [0, 0.1) is 6.92 Å². The molecule has 5 rings (SSSR count). The van der Waals surface area contributed by atoms with Crippen LogP contribution in [0.1, 0.15) is 19.4 Å². The minimum atomic E-state index is 0.903. The first-order chi connectivity index (χ1) is 17.1. The van der Waals surface area contributed by atoms with E-state index in [2.05, 4.69) is 126 Å². The number of rotatable bonds is 8. The minimum Gasteiger partial charge on any atom is -0.372 e. The van der Waals surface area contributed by atoms with Crippen molar-refractivity contribution in [2.24, 2.45) is 0 Å². The normalized spacial score (nSPS) is 10.9. The number of nitrogens with zero attached hydrogens (tertiary/aromatic N) is 3. The number of aryl methyl sites for hydroxylation is 1. The lowest BCUT2D eigenvalue weighted by Crippen LogP contribution is -2.21. The molecule has 0 aliphatic heterocycles. The molecule has 5 aromatic rings. The van der Waals surface area contributed by atoms with Gasteiger partial charge in [0.2, 0.25) is 0 Å². The Labute approximate surface area is 211 Å². The SMILES string of the molecule is CCN(CC)c1ccc(Nc2nc(-c3ccc(-n4ccc(-c5ccccc5)c4)cc3)cs2)c(C)c1. The van der Waals surface area contributed by atoms with Crippen molar-refractivity contribution in [3.63, 3.8) is 0 Å². The number of hydrogen-bond acceptors (Lipinski definition) is 4. The van der Waals surface area contributed by atoms with E-state index < -0.39 is 0 Å².